The van der Waals surface area contributed by atoms with Crippen LogP contribution in [0.5, 0.6) is 5.75 Å². The predicted octanol–water partition coefficient (Wildman–Crippen LogP) is 2.70. The Bertz CT molecular complexity index is 708. The molecule has 1 aliphatic rings. The Morgan fingerprint density at radius 2 is 2.14 bits per heavy atom. The summed E-state index contributed by atoms with van der Waals surface area (Å²) in [5.74, 6) is 1.60. The molecule has 0 bridgehead atoms. The normalized spacial score (nSPS) is 13.4. The first kappa shape index (κ1) is 14.3. The number of ether oxygens (including phenoxy) is 1. The summed E-state index contributed by atoms with van der Waals surface area (Å²) in [5, 5.41) is 9.17. The van der Waals surface area contributed by atoms with Crippen LogP contribution in [0.25, 0.3) is 0 Å². The highest BCUT2D eigenvalue weighted by Gasteiger charge is 2.20. The van der Waals surface area contributed by atoms with Crippen LogP contribution in [0.4, 0.5) is 5.82 Å². The van der Waals surface area contributed by atoms with Crippen molar-refractivity contribution in [1.29, 1.82) is 5.26 Å². The van der Waals surface area contributed by atoms with E-state index in [4.69, 9.17) is 10.00 Å². The van der Waals surface area contributed by atoms with E-state index in [1.54, 1.807) is 12.4 Å². The molecular formula is C17H18N4O. The molecule has 22 heavy (non-hydrogen) atoms. The zero-order valence-electron chi connectivity index (χ0n) is 12.6. The fourth-order valence-electron chi connectivity index (χ4n) is 2.66. The Morgan fingerprint density at radius 1 is 1.27 bits per heavy atom. The van der Waals surface area contributed by atoms with Gasteiger partial charge in [-0.05, 0) is 36.1 Å². The quantitative estimate of drug-likeness (QED) is 0.867. The van der Waals surface area contributed by atoms with Gasteiger partial charge in [0.05, 0.1) is 6.61 Å². The lowest BCUT2D eigenvalue weighted by Crippen LogP contribution is -2.31. The largest absolute Gasteiger partial charge is 0.494 e. The maximum atomic E-state index is 9.17. The van der Waals surface area contributed by atoms with Gasteiger partial charge in [-0.25, -0.2) is 9.97 Å². The lowest BCUT2D eigenvalue weighted by Gasteiger charge is -2.30. The molecule has 0 saturated carbocycles. The maximum Gasteiger partial charge on any atom is 0.183 e. The van der Waals surface area contributed by atoms with E-state index < -0.39 is 0 Å². The SMILES string of the molecule is CCCOc1ccc2c(c1)CCN(c1nccnc1C#N)C2. The zero-order valence-corrected chi connectivity index (χ0v) is 12.6. The number of aromatic nitrogens is 2. The minimum absolute atomic E-state index is 0.383. The first-order valence-corrected chi connectivity index (χ1v) is 7.52. The van der Waals surface area contributed by atoms with Crippen LogP contribution in [-0.2, 0) is 13.0 Å². The molecule has 3 rings (SSSR count). The molecule has 0 radical (unpaired) electrons. The molecule has 0 spiro atoms. The number of anilines is 1. The van der Waals surface area contributed by atoms with Crippen LogP contribution in [0.2, 0.25) is 0 Å². The van der Waals surface area contributed by atoms with E-state index >= 15 is 0 Å². The third-order valence-electron chi connectivity index (χ3n) is 3.75. The summed E-state index contributed by atoms with van der Waals surface area (Å²) in [6.07, 6.45) is 5.11. The van der Waals surface area contributed by atoms with Crippen LogP contribution in [0.3, 0.4) is 0 Å². The van der Waals surface area contributed by atoms with Gasteiger partial charge in [-0.15, -0.1) is 0 Å². The van der Waals surface area contributed by atoms with Crippen molar-refractivity contribution in [1.82, 2.24) is 9.97 Å². The molecule has 5 nitrogen and oxygen atoms in total. The summed E-state index contributed by atoms with van der Waals surface area (Å²) in [7, 11) is 0. The molecule has 0 fully saturated rings. The highest BCUT2D eigenvalue weighted by Crippen LogP contribution is 2.27. The lowest BCUT2D eigenvalue weighted by molar-refractivity contribution is 0.317. The van der Waals surface area contributed by atoms with E-state index in [0.717, 1.165) is 38.3 Å². The Morgan fingerprint density at radius 3 is 2.95 bits per heavy atom. The van der Waals surface area contributed by atoms with Crippen molar-refractivity contribution >= 4 is 5.82 Å². The molecule has 112 valence electrons. The number of nitrogens with zero attached hydrogens (tertiary/aromatic N) is 4. The Hall–Kier alpha value is -2.61. The monoisotopic (exact) mass is 294 g/mol. The summed E-state index contributed by atoms with van der Waals surface area (Å²) in [5.41, 5.74) is 2.95. The van der Waals surface area contributed by atoms with E-state index in [2.05, 4.69) is 40.0 Å². The lowest BCUT2D eigenvalue weighted by atomic mass is 9.99. The minimum atomic E-state index is 0.383. The molecule has 0 N–H and O–H groups in total. The van der Waals surface area contributed by atoms with E-state index in [-0.39, 0.29) is 0 Å². The third kappa shape index (κ3) is 2.86. The van der Waals surface area contributed by atoms with Crippen molar-refractivity contribution in [2.75, 3.05) is 18.1 Å². The molecule has 0 unspecified atom stereocenters. The Kier molecular flexibility index (Phi) is 4.19. The molecule has 2 aromatic rings. The summed E-state index contributed by atoms with van der Waals surface area (Å²) in [4.78, 5) is 10.5. The maximum absolute atomic E-state index is 9.17. The average Bonchev–Trinajstić information content (AvgIpc) is 2.59. The molecule has 2 heterocycles. The van der Waals surface area contributed by atoms with E-state index in [1.807, 2.05) is 6.07 Å². The van der Waals surface area contributed by atoms with Crippen LogP contribution in [-0.4, -0.2) is 23.1 Å². The van der Waals surface area contributed by atoms with Gasteiger partial charge in [0.15, 0.2) is 11.5 Å². The van der Waals surface area contributed by atoms with Crippen LogP contribution in [0.1, 0.15) is 30.2 Å². The second-order valence-electron chi connectivity index (χ2n) is 5.29. The van der Waals surface area contributed by atoms with Gasteiger partial charge in [-0.3, -0.25) is 0 Å². The van der Waals surface area contributed by atoms with E-state index in [0.29, 0.717) is 11.5 Å². The van der Waals surface area contributed by atoms with E-state index in [1.165, 1.54) is 11.1 Å². The van der Waals surface area contributed by atoms with Gasteiger partial charge in [-0.2, -0.15) is 5.26 Å². The first-order valence-electron chi connectivity index (χ1n) is 7.52. The van der Waals surface area contributed by atoms with Crippen LogP contribution in [0, 0.1) is 11.3 Å². The number of hydrogen-bond acceptors (Lipinski definition) is 5. The fraction of sp³-hybridized carbons (Fsp3) is 0.353. The van der Waals surface area contributed by atoms with Gasteiger partial charge < -0.3 is 9.64 Å². The van der Waals surface area contributed by atoms with Crippen molar-refractivity contribution in [3.8, 4) is 11.8 Å². The molecule has 1 aromatic carbocycles. The van der Waals surface area contributed by atoms with Gasteiger partial charge >= 0.3 is 0 Å². The molecule has 5 heteroatoms. The van der Waals surface area contributed by atoms with Gasteiger partial charge in [0.25, 0.3) is 0 Å². The molecule has 0 aliphatic carbocycles. The third-order valence-corrected chi connectivity index (χ3v) is 3.75. The fourth-order valence-corrected chi connectivity index (χ4v) is 2.66. The van der Waals surface area contributed by atoms with E-state index in [9.17, 15) is 0 Å². The number of rotatable bonds is 4. The van der Waals surface area contributed by atoms with Crippen molar-refractivity contribution in [2.24, 2.45) is 0 Å². The van der Waals surface area contributed by atoms with Crippen molar-refractivity contribution < 1.29 is 4.74 Å². The summed E-state index contributed by atoms with van der Waals surface area (Å²) < 4.78 is 5.69. The number of benzene rings is 1. The van der Waals surface area contributed by atoms with Crippen molar-refractivity contribution in [3.63, 3.8) is 0 Å². The average molecular weight is 294 g/mol. The molecule has 0 saturated heterocycles. The molecule has 1 aromatic heterocycles. The van der Waals surface area contributed by atoms with Gasteiger partial charge in [0.1, 0.15) is 11.8 Å². The van der Waals surface area contributed by atoms with Crippen LogP contribution >= 0.6 is 0 Å². The Balaban J connectivity index is 1.81. The highest BCUT2D eigenvalue weighted by atomic mass is 16.5. The smallest absolute Gasteiger partial charge is 0.183 e. The predicted molar refractivity (Wildman–Crippen MR) is 83.7 cm³/mol. The van der Waals surface area contributed by atoms with Gasteiger partial charge in [-0.1, -0.05) is 13.0 Å². The molecule has 0 amide bonds. The minimum Gasteiger partial charge on any atom is -0.494 e. The number of nitriles is 1. The zero-order chi connectivity index (χ0) is 15.4. The molecule has 1 aliphatic heterocycles. The van der Waals surface area contributed by atoms with Crippen LogP contribution in [0.15, 0.2) is 30.6 Å². The number of hydrogen-bond donors (Lipinski definition) is 0. The second-order valence-corrected chi connectivity index (χ2v) is 5.29. The van der Waals surface area contributed by atoms with Gasteiger partial charge in [0, 0.05) is 25.5 Å². The van der Waals surface area contributed by atoms with Crippen LogP contribution < -0.4 is 9.64 Å². The van der Waals surface area contributed by atoms with Gasteiger partial charge in [0.2, 0.25) is 0 Å². The summed E-state index contributed by atoms with van der Waals surface area (Å²) in [6, 6.07) is 8.36. The molecular weight excluding hydrogens is 276 g/mol. The van der Waals surface area contributed by atoms with Crippen molar-refractivity contribution in [2.45, 2.75) is 26.3 Å². The summed E-state index contributed by atoms with van der Waals surface area (Å²) >= 11 is 0. The Labute approximate surface area is 130 Å². The summed E-state index contributed by atoms with van der Waals surface area (Å²) in [6.45, 7) is 4.42. The van der Waals surface area contributed by atoms with Crippen molar-refractivity contribution in [3.05, 3.63) is 47.4 Å². The first-order chi connectivity index (χ1) is 10.8. The second kappa shape index (κ2) is 6.44. The molecule has 0 atom stereocenters. The highest BCUT2D eigenvalue weighted by molar-refractivity contribution is 5.52. The standard InChI is InChI=1S/C17H18N4O/c1-2-9-22-15-4-3-14-12-21(8-5-13(14)10-15)17-16(11-18)19-6-7-20-17/h3-4,6-7,10H,2,5,8-9,12H2,1H3. The number of fused-ring (bicyclic) bond motifs is 1. The topological polar surface area (TPSA) is 62.0 Å².